The van der Waals surface area contributed by atoms with Crippen LogP contribution in [0.4, 0.5) is 16.3 Å². The first-order chi connectivity index (χ1) is 19.6. The van der Waals surface area contributed by atoms with Gasteiger partial charge in [0.05, 0.1) is 11.0 Å². The Morgan fingerprint density at radius 1 is 0.950 bits per heavy atom. The summed E-state index contributed by atoms with van der Waals surface area (Å²) in [6, 6.07) is 25.3. The number of unbranched alkanes of at least 4 members (excludes halogenated alkanes) is 2. The van der Waals surface area contributed by atoms with Crippen molar-refractivity contribution < 1.29 is 9.53 Å². The molecule has 2 amide bonds. The molecule has 0 unspecified atom stereocenters. The molecule has 8 nitrogen and oxygen atoms in total. The highest BCUT2D eigenvalue weighted by Crippen LogP contribution is 2.32. The third-order valence-electron chi connectivity index (χ3n) is 6.88. The van der Waals surface area contributed by atoms with Gasteiger partial charge in [-0.05, 0) is 55.2 Å². The number of ether oxygens (including phenoxy) is 1. The number of anilines is 2. The van der Waals surface area contributed by atoms with Crippen molar-refractivity contribution in [1.29, 1.82) is 0 Å². The van der Waals surface area contributed by atoms with Crippen LogP contribution in [0.1, 0.15) is 44.0 Å². The Morgan fingerprint density at radius 2 is 1.73 bits per heavy atom. The second-order valence-corrected chi connectivity index (χ2v) is 9.88. The fourth-order valence-corrected chi connectivity index (χ4v) is 4.83. The van der Waals surface area contributed by atoms with Crippen LogP contribution in [0, 0.1) is 0 Å². The van der Waals surface area contributed by atoms with E-state index >= 15 is 0 Å². The zero-order chi connectivity index (χ0) is 27.7. The van der Waals surface area contributed by atoms with Gasteiger partial charge in [0, 0.05) is 30.6 Å². The molecule has 3 aromatic carbocycles. The zero-order valence-corrected chi connectivity index (χ0v) is 22.9. The van der Waals surface area contributed by atoms with E-state index in [2.05, 4.69) is 39.2 Å². The highest BCUT2D eigenvalue weighted by atomic mass is 16.5. The summed E-state index contributed by atoms with van der Waals surface area (Å²) >= 11 is 0. The Labute approximate surface area is 234 Å². The van der Waals surface area contributed by atoms with Crippen molar-refractivity contribution in [3.05, 3.63) is 90.3 Å². The maximum Gasteiger partial charge on any atom is 0.319 e. The molecule has 206 valence electrons. The molecule has 4 N–H and O–H groups in total. The van der Waals surface area contributed by atoms with Crippen LogP contribution in [-0.4, -0.2) is 27.1 Å². The number of urea groups is 1. The van der Waals surface area contributed by atoms with Gasteiger partial charge in [-0.15, -0.1) is 0 Å². The van der Waals surface area contributed by atoms with E-state index in [1.165, 1.54) is 0 Å². The fourth-order valence-electron chi connectivity index (χ4n) is 4.83. The number of nitrogens with zero attached hydrogens (tertiary/aromatic N) is 3. The van der Waals surface area contributed by atoms with E-state index in [0.717, 1.165) is 83.4 Å². The van der Waals surface area contributed by atoms with Crippen LogP contribution in [0.25, 0.3) is 21.9 Å². The highest BCUT2D eigenvalue weighted by molar-refractivity contribution is 6.07. The lowest BCUT2D eigenvalue weighted by Crippen LogP contribution is -2.29. The molecule has 0 saturated heterocycles. The maximum absolute atomic E-state index is 12.2. The predicted octanol–water partition coefficient (Wildman–Crippen LogP) is 6.69. The summed E-state index contributed by atoms with van der Waals surface area (Å²) in [5, 5.41) is 6.78. The standard InChI is InChI=1S/C32H36N6O2/c1-2-3-16-28-37-29-30(38(28)20-11-10-19-34-32(39)35-24-14-8-5-9-15-24)26-21-25(17-18-27(26)36-31(29)33)40-22-23-12-6-4-7-13-23/h4-9,12-15,17-18,21H,2-3,10-11,16,19-20,22H2,1H3,(H2,33,36)(H2,34,35,39). The normalized spacial score (nSPS) is 11.1. The third-order valence-corrected chi connectivity index (χ3v) is 6.88. The minimum Gasteiger partial charge on any atom is -0.489 e. The van der Waals surface area contributed by atoms with E-state index in [1.807, 2.05) is 66.7 Å². The zero-order valence-electron chi connectivity index (χ0n) is 22.9. The van der Waals surface area contributed by atoms with Gasteiger partial charge < -0.3 is 25.7 Å². The number of aryl methyl sites for hydroxylation is 2. The van der Waals surface area contributed by atoms with Gasteiger partial charge in [0.15, 0.2) is 5.82 Å². The van der Waals surface area contributed by atoms with E-state index in [-0.39, 0.29) is 6.03 Å². The molecule has 5 aromatic rings. The van der Waals surface area contributed by atoms with Gasteiger partial charge in [-0.25, -0.2) is 14.8 Å². The number of pyridine rings is 1. The number of imidazole rings is 1. The number of para-hydroxylation sites is 1. The van der Waals surface area contributed by atoms with Crippen molar-refractivity contribution in [2.24, 2.45) is 0 Å². The molecule has 0 saturated carbocycles. The van der Waals surface area contributed by atoms with Crippen molar-refractivity contribution in [3.8, 4) is 5.75 Å². The Bertz CT molecular complexity index is 1570. The molecule has 0 atom stereocenters. The Morgan fingerprint density at radius 3 is 2.50 bits per heavy atom. The maximum atomic E-state index is 12.2. The lowest BCUT2D eigenvalue weighted by Gasteiger charge is -2.13. The van der Waals surface area contributed by atoms with Gasteiger partial charge in [0.25, 0.3) is 0 Å². The second-order valence-electron chi connectivity index (χ2n) is 9.88. The summed E-state index contributed by atoms with van der Waals surface area (Å²) in [4.78, 5) is 21.8. The van der Waals surface area contributed by atoms with Gasteiger partial charge >= 0.3 is 6.03 Å². The minimum absolute atomic E-state index is 0.198. The first-order valence-electron chi connectivity index (χ1n) is 14.0. The first-order valence-corrected chi connectivity index (χ1v) is 14.0. The van der Waals surface area contributed by atoms with Crippen LogP contribution >= 0.6 is 0 Å². The summed E-state index contributed by atoms with van der Waals surface area (Å²) in [5.41, 5.74) is 10.8. The smallest absolute Gasteiger partial charge is 0.319 e. The molecule has 0 bridgehead atoms. The van der Waals surface area contributed by atoms with E-state index in [4.69, 9.17) is 15.5 Å². The SMILES string of the molecule is CCCCc1nc2c(N)nc3ccc(OCc4ccccc4)cc3c2n1CCCCNC(=O)Nc1ccccc1. The number of nitrogens with two attached hydrogens (primary N) is 1. The quantitative estimate of drug-likeness (QED) is 0.154. The molecule has 40 heavy (non-hydrogen) atoms. The number of carbonyl (C=O) groups excluding carboxylic acids is 1. The summed E-state index contributed by atoms with van der Waals surface area (Å²) in [7, 11) is 0. The second kappa shape index (κ2) is 13.0. The largest absolute Gasteiger partial charge is 0.489 e. The van der Waals surface area contributed by atoms with Gasteiger partial charge in [-0.1, -0.05) is 61.9 Å². The molecule has 8 heteroatoms. The molecule has 0 spiro atoms. The molecular formula is C32H36N6O2. The van der Waals surface area contributed by atoms with E-state index in [9.17, 15) is 4.79 Å². The van der Waals surface area contributed by atoms with Crippen molar-refractivity contribution in [2.75, 3.05) is 17.6 Å². The molecule has 0 radical (unpaired) electrons. The van der Waals surface area contributed by atoms with Crippen LogP contribution in [0.2, 0.25) is 0 Å². The average molecular weight is 537 g/mol. The number of aromatic nitrogens is 3. The van der Waals surface area contributed by atoms with Crippen LogP contribution in [0.5, 0.6) is 5.75 Å². The predicted molar refractivity (Wildman–Crippen MR) is 162 cm³/mol. The number of benzene rings is 3. The number of amides is 2. The van der Waals surface area contributed by atoms with Crippen molar-refractivity contribution in [1.82, 2.24) is 19.9 Å². The molecule has 2 aromatic heterocycles. The Kier molecular flexibility index (Phi) is 8.76. The van der Waals surface area contributed by atoms with E-state index < -0.39 is 0 Å². The number of nitrogens with one attached hydrogen (secondary N) is 2. The van der Waals surface area contributed by atoms with Crippen molar-refractivity contribution in [2.45, 2.75) is 52.2 Å². The summed E-state index contributed by atoms with van der Waals surface area (Å²) in [6.07, 6.45) is 4.70. The van der Waals surface area contributed by atoms with Gasteiger partial charge in [-0.2, -0.15) is 0 Å². The number of carbonyl (C=O) groups is 1. The first kappa shape index (κ1) is 27.0. The van der Waals surface area contributed by atoms with E-state index in [0.29, 0.717) is 19.0 Å². The number of hydrogen-bond acceptors (Lipinski definition) is 5. The third kappa shape index (κ3) is 6.51. The summed E-state index contributed by atoms with van der Waals surface area (Å²) in [6.45, 7) is 4.02. The molecule has 0 aliphatic rings. The number of nitrogen functional groups attached to an aromatic ring is 1. The van der Waals surface area contributed by atoms with Crippen LogP contribution in [0.15, 0.2) is 78.9 Å². The van der Waals surface area contributed by atoms with Gasteiger partial charge in [-0.3, -0.25) is 0 Å². The summed E-state index contributed by atoms with van der Waals surface area (Å²) < 4.78 is 8.42. The minimum atomic E-state index is -0.198. The molecular weight excluding hydrogens is 500 g/mol. The lowest BCUT2D eigenvalue weighted by atomic mass is 10.1. The van der Waals surface area contributed by atoms with Crippen LogP contribution < -0.4 is 21.1 Å². The lowest BCUT2D eigenvalue weighted by molar-refractivity contribution is 0.252. The van der Waals surface area contributed by atoms with Gasteiger partial charge in [0.1, 0.15) is 23.7 Å². The Hall–Kier alpha value is -4.59. The number of hydrogen-bond donors (Lipinski definition) is 3. The Balaban J connectivity index is 1.34. The van der Waals surface area contributed by atoms with Gasteiger partial charge in [0.2, 0.25) is 0 Å². The van der Waals surface area contributed by atoms with E-state index in [1.54, 1.807) is 0 Å². The molecule has 0 aliphatic heterocycles. The number of rotatable bonds is 12. The summed E-state index contributed by atoms with van der Waals surface area (Å²) in [5.74, 6) is 2.24. The fraction of sp³-hybridized carbons (Fsp3) is 0.281. The molecule has 5 rings (SSSR count). The molecule has 2 heterocycles. The molecule has 0 aliphatic carbocycles. The topological polar surface area (TPSA) is 107 Å². The molecule has 0 fully saturated rings. The van der Waals surface area contributed by atoms with Crippen LogP contribution in [0.3, 0.4) is 0 Å². The number of fused-ring (bicyclic) bond motifs is 3. The van der Waals surface area contributed by atoms with Crippen LogP contribution in [-0.2, 0) is 19.6 Å². The van der Waals surface area contributed by atoms with Crippen molar-refractivity contribution in [3.63, 3.8) is 0 Å². The highest BCUT2D eigenvalue weighted by Gasteiger charge is 2.18. The van der Waals surface area contributed by atoms with Crippen molar-refractivity contribution >= 4 is 39.5 Å². The monoisotopic (exact) mass is 536 g/mol. The average Bonchev–Trinajstić information content (AvgIpc) is 3.35.